The smallest absolute Gasteiger partial charge is 0.307 e. The molecule has 2 atom stereocenters. The van der Waals surface area contributed by atoms with Crippen molar-refractivity contribution in [2.45, 2.75) is 38.5 Å². The van der Waals surface area contributed by atoms with Gasteiger partial charge in [-0.25, -0.2) is 0 Å². The largest absolute Gasteiger partial charge is 0.481 e. The number of carbonyl (C=O) groups excluding carboxylic acids is 3. The summed E-state index contributed by atoms with van der Waals surface area (Å²) in [6.45, 7) is 0. The van der Waals surface area contributed by atoms with E-state index in [0.29, 0.717) is 18.5 Å². The predicted molar refractivity (Wildman–Crippen MR) is 93.7 cm³/mol. The number of hydrogen-bond donors (Lipinski definition) is 4. The van der Waals surface area contributed by atoms with Crippen LogP contribution in [0.2, 0.25) is 0 Å². The zero-order valence-corrected chi connectivity index (χ0v) is 14.4. The lowest BCUT2D eigenvalue weighted by Crippen LogP contribution is -2.48. The van der Waals surface area contributed by atoms with Crippen molar-refractivity contribution in [1.82, 2.24) is 10.9 Å². The predicted octanol–water partition coefficient (Wildman–Crippen LogP) is 1.44. The normalized spacial score (nSPS) is 19.2. The highest BCUT2D eigenvalue weighted by molar-refractivity contribution is 5.93. The lowest BCUT2D eigenvalue weighted by atomic mass is 9.79. The van der Waals surface area contributed by atoms with E-state index in [0.717, 1.165) is 12.8 Å². The third-order valence-electron chi connectivity index (χ3n) is 4.38. The second kappa shape index (κ2) is 9.55. The van der Waals surface area contributed by atoms with Crippen LogP contribution < -0.4 is 16.2 Å². The first kappa shape index (κ1) is 19.4. The van der Waals surface area contributed by atoms with E-state index in [1.807, 2.05) is 6.07 Å². The van der Waals surface area contributed by atoms with Crippen LogP contribution in [0.4, 0.5) is 5.69 Å². The van der Waals surface area contributed by atoms with E-state index in [-0.39, 0.29) is 18.7 Å². The van der Waals surface area contributed by atoms with Gasteiger partial charge in [-0.3, -0.25) is 30.0 Å². The SMILES string of the molecule is O=C(CCC(=O)Nc1ccccc1)NNC(=O)[C@@H]1CCCC[C@@H]1C(=O)O. The van der Waals surface area contributed by atoms with E-state index in [9.17, 15) is 24.3 Å². The molecule has 140 valence electrons. The Kier molecular flexibility index (Phi) is 7.13. The average molecular weight is 361 g/mol. The molecule has 8 heteroatoms. The van der Waals surface area contributed by atoms with E-state index < -0.39 is 29.6 Å². The highest BCUT2D eigenvalue weighted by Crippen LogP contribution is 2.30. The molecule has 1 aliphatic carbocycles. The van der Waals surface area contributed by atoms with Crippen LogP contribution in [0.5, 0.6) is 0 Å². The molecule has 0 unspecified atom stereocenters. The number of amides is 3. The van der Waals surface area contributed by atoms with Crippen LogP contribution in [0.3, 0.4) is 0 Å². The van der Waals surface area contributed by atoms with Crippen molar-refractivity contribution in [2.75, 3.05) is 5.32 Å². The lowest BCUT2D eigenvalue weighted by molar-refractivity contribution is -0.149. The maximum absolute atomic E-state index is 12.1. The minimum absolute atomic E-state index is 0.0300. The summed E-state index contributed by atoms with van der Waals surface area (Å²) in [6.07, 6.45) is 2.39. The Morgan fingerprint density at radius 2 is 1.50 bits per heavy atom. The number of carboxylic acids is 1. The van der Waals surface area contributed by atoms with E-state index in [4.69, 9.17) is 0 Å². The molecule has 0 spiro atoms. The van der Waals surface area contributed by atoms with E-state index in [2.05, 4.69) is 16.2 Å². The van der Waals surface area contributed by atoms with Gasteiger partial charge in [0.25, 0.3) is 0 Å². The third kappa shape index (κ3) is 5.87. The Balaban J connectivity index is 1.71. The highest BCUT2D eigenvalue weighted by atomic mass is 16.4. The summed E-state index contributed by atoms with van der Waals surface area (Å²) in [5.41, 5.74) is 5.17. The first-order chi connectivity index (χ1) is 12.5. The number of rotatable bonds is 6. The summed E-state index contributed by atoms with van der Waals surface area (Å²) in [5, 5.41) is 11.9. The minimum atomic E-state index is -0.992. The van der Waals surface area contributed by atoms with Gasteiger partial charge in [-0.05, 0) is 25.0 Å². The van der Waals surface area contributed by atoms with Crippen molar-refractivity contribution in [3.8, 4) is 0 Å². The van der Waals surface area contributed by atoms with Gasteiger partial charge in [0.1, 0.15) is 0 Å². The van der Waals surface area contributed by atoms with Gasteiger partial charge in [-0.15, -0.1) is 0 Å². The molecular weight excluding hydrogens is 338 g/mol. The Labute approximate surface area is 151 Å². The molecule has 3 amide bonds. The number of hydrogen-bond acceptors (Lipinski definition) is 4. The number of para-hydroxylation sites is 1. The fraction of sp³-hybridized carbons (Fsp3) is 0.444. The number of aliphatic carboxylic acids is 1. The molecule has 0 saturated heterocycles. The Bertz CT molecular complexity index is 662. The average Bonchev–Trinajstić information content (AvgIpc) is 2.65. The molecule has 0 heterocycles. The second-order valence-corrected chi connectivity index (χ2v) is 6.29. The first-order valence-corrected chi connectivity index (χ1v) is 8.64. The summed E-state index contributed by atoms with van der Waals surface area (Å²) in [6, 6.07) is 8.87. The number of carboxylic acid groups (broad SMARTS) is 1. The summed E-state index contributed by atoms with van der Waals surface area (Å²) >= 11 is 0. The quantitative estimate of drug-likeness (QED) is 0.571. The molecule has 0 aliphatic heterocycles. The van der Waals surface area contributed by atoms with Crippen molar-refractivity contribution < 1.29 is 24.3 Å². The van der Waals surface area contributed by atoms with Crippen molar-refractivity contribution in [2.24, 2.45) is 11.8 Å². The van der Waals surface area contributed by atoms with Crippen molar-refractivity contribution >= 4 is 29.4 Å². The van der Waals surface area contributed by atoms with Crippen molar-refractivity contribution in [3.05, 3.63) is 30.3 Å². The fourth-order valence-electron chi connectivity index (χ4n) is 3.00. The molecular formula is C18H23N3O5. The van der Waals surface area contributed by atoms with Crippen LogP contribution in [0.15, 0.2) is 30.3 Å². The molecule has 1 saturated carbocycles. The molecule has 4 N–H and O–H groups in total. The number of carbonyl (C=O) groups is 4. The van der Waals surface area contributed by atoms with Crippen molar-refractivity contribution in [1.29, 1.82) is 0 Å². The maximum Gasteiger partial charge on any atom is 0.307 e. The van der Waals surface area contributed by atoms with Crippen LogP contribution in [-0.4, -0.2) is 28.8 Å². The summed E-state index contributed by atoms with van der Waals surface area (Å²) in [4.78, 5) is 46.9. The maximum atomic E-state index is 12.1. The van der Waals surface area contributed by atoms with Crippen LogP contribution in [0.1, 0.15) is 38.5 Å². The summed E-state index contributed by atoms with van der Waals surface area (Å²) < 4.78 is 0. The monoisotopic (exact) mass is 361 g/mol. The molecule has 26 heavy (non-hydrogen) atoms. The summed E-state index contributed by atoms with van der Waals surface area (Å²) in [7, 11) is 0. The number of benzene rings is 1. The standard InChI is InChI=1S/C18H23N3O5/c22-15(19-12-6-2-1-3-7-12)10-11-16(23)20-21-17(24)13-8-4-5-9-14(13)18(25)26/h1-3,6-7,13-14H,4-5,8-11H2,(H,19,22)(H,20,23)(H,21,24)(H,25,26)/t13-,14+/m1/s1. The van der Waals surface area contributed by atoms with Gasteiger partial charge in [0.15, 0.2) is 0 Å². The number of hydrazine groups is 1. The minimum Gasteiger partial charge on any atom is -0.481 e. The van der Waals surface area contributed by atoms with Crippen molar-refractivity contribution in [3.63, 3.8) is 0 Å². The van der Waals surface area contributed by atoms with E-state index in [1.165, 1.54) is 0 Å². The van der Waals surface area contributed by atoms with Crippen LogP contribution in [-0.2, 0) is 19.2 Å². The van der Waals surface area contributed by atoms with E-state index >= 15 is 0 Å². The topological polar surface area (TPSA) is 125 Å². The van der Waals surface area contributed by atoms with Gasteiger partial charge in [0.05, 0.1) is 11.8 Å². The number of anilines is 1. The zero-order chi connectivity index (χ0) is 18.9. The Morgan fingerprint density at radius 3 is 2.15 bits per heavy atom. The van der Waals surface area contributed by atoms with Gasteiger partial charge in [-0.2, -0.15) is 0 Å². The van der Waals surface area contributed by atoms with Gasteiger partial charge in [-0.1, -0.05) is 31.0 Å². The van der Waals surface area contributed by atoms with Crippen LogP contribution >= 0.6 is 0 Å². The molecule has 2 rings (SSSR count). The van der Waals surface area contributed by atoms with Gasteiger partial charge >= 0.3 is 5.97 Å². The van der Waals surface area contributed by atoms with Gasteiger partial charge in [0.2, 0.25) is 17.7 Å². The molecule has 1 aromatic carbocycles. The molecule has 8 nitrogen and oxygen atoms in total. The fourth-order valence-corrected chi connectivity index (χ4v) is 3.00. The summed E-state index contributed by atoms with van der Waals surface area (Å²) in [5.74, 6) is -3.69. The number of nitrogens with one attached hydrogen (secondary N) is 3. The first-order valence-electron chi connectivity index (χ1n) is 8.64. The highest BCUT2D eigenvalue weighted by Gasteiger charge is 2.35. The zero-order valence-electron chi connectivity index (χ0n) is 14.4. The molecule has 0 aromatic heterocycles. The van der Waals surface area contributed by atoms with Crippen LogP contribution in [0, 0.1) is 11.8 Å². The van der Waals surface area contributed by atoms with Gasteiger partial charge < -0.3 is 10.4 Å². The lowest BCUT2D eigenvalue weighted by Gasteiger charge is -2.27. The van der Waals surface area contributed by atoms with E-state index in [1.54, 1.807) is 24.3 Å². The molecule has 1 fully saturated rings. The van der Waals surface area contributed by atoms with Crippen LogP contribution in [0.25, 0.3) is 0 Å². The Morgan fingerprint density at radius 1 is 0.885 bits per heavy atom. The third-order valence-corrected chi connectivity index (χ3v) is 4.38. The molecule has 0 bridgehead atoms. The molecule has 1 aliphatic rings. The molecule has 1 aromatic rings. The Hall–Kier alpha value is -2.90. The second-order valence-electron chi connectivity index (χ2n) is 6.29. The van der Waals surface area contributed by atoms with Gasteiger partial charge in [0, 0.05) is 18.5 Å². The molecule has 0 radical (unpaired) electrons.